The van der Waals surface area contributed by atoms with Crippen molar-refractivity contribution in [3.63, 3.8) is 0 Å². The van der Waals surface area contributed by atoms with Crippen molar-refractivity contribution in [1.82, 2.24) is 5.16 Å². The Bertz CT molecular complexity index is 322. The van der Waals surface area contributed by atoms with E-state index in [4.69, 9.17) is 4.52 Å². The molecule has 0 fully saturated rings. The second-order valence-electron chi connectivity index (χ2n) is 5.70. The molecule has 104 valence electrons. The Hall–Kier alpha value is -0.790. The molecular weight excluding hydrogens is 222 g/mol. The van der Waals surface area contributed by atoms with Crippen molar-refractivity contribution < 1.29 is 4.52 Å². The average molecular weight is 251 g/mol. The van der Waals surface area contributed by atoms with Gasteiger partial charge in [-0.1, -0.05) is 65.0 Å². The van der Waals surface area contributed by atoms with Crippen LogP contribution in [0.25, 0.3) is 0 Å². The van der Waals surface area contributed by atoms with Gasteiger partial charge in [0.1, 0.15) is 5.76 Å². The molecule has 0 bridgehead atoms. The lowest BCUT2D eigenvalue weighted by atomic mass is 9.78. The van der Waals surface area contributed by atoms with Gasteiger partial charge in [-0.15, -0.1) is 0 Å². The van der Waals surface area contributed by atoms with Gasteiger partial charge in [0.2, 0.25) is 0 Å². The third-order valence-electron chi connectivity index (χ3n) is 3.82. The predicted octanol–water partition coefficient (Wildman–Crippen LogP) is 5.27. The van der Waals surface area contributed by atoms with Gasteiger partial charge < -0.3 is 4.52 Å². The number of unbranched alkanes of at least 4 members (excludes halogenated alkanes) is 2. The van der Waals surface area contributed by atoms with Crippen molar-refractivity contribution in [3.05, 3.63) is 17.5 Å². The summed E-state index contributed by atoms with van der Waals surface area (Å²) in [7, 11) is 0. The van der Waals surface area contributed by atoms with Crippen molar-refractivity contribution in [1.29, 1.82) is 0 Å². The minimum absolute atomic E-state index is 0.186. The predicted molar refractivity (Wildman–Crippen MR) is 76.9 cm³/mol. The smallest absolute Gasteiger partial charge is 0.142 e. The highest BCUT2D eigenvalue weighted by Gasteiger charge is 2.29. The van der Waals surface area contributed by atoms with Gasteiger partial charge in [-0.2, -0.15) is 0 Å². The van der Waals surface area contributed by atoms with Gasteiger partial charge in [-0.05, 0) is 19.3 Å². The second kappa shape index (κ2) is 7.60. The minimum atomic E-state index is 0.186. The van der Waals surface area contributed by atoms with E-state index in [1.165, 1.54) is 38.5 Å². The summed E-state index contributed by atoms with van der Waals surface area (Å²) in [5.41, 5.74) is 1.30. The topological polar surface area (TPSA) is 26.0 Å². The van der Waals surface area contributed by atoms with Crippen LogP contribution in [0, 0.1) is 0 Å². The molecule has 1 aromatic rings. The van der Waals surface area contributed by atoms with E-state index in [9.17, 15) is 0 Å². The van der Waals surface area contributed by atoms with Crippen molar-refractivity contribution in [2.24, 2.45) is 0 Å². The largest absolute Gasteiger partial charge is 0.361 e. The Morgan fingerprint density at radius 3 is 2.17 bits per heavy atom. The number of aryl methyl sites for hydroxylation is 1. The second-order valence-corrected chi connectivity index (χ2v) is 5.70. The van der Waals surface area contributed by atoms with E-state index >= 15 is 0 Å². The fourth-order valence-corrected chi connectivity index (χ4v) is 2.48. The van der Waals surface area contributed by atoms with Crippen LogP contribution in [0.4, 0.5) is 0 Å². The molecule has 1 rings (SSSR count). The SMILES string of the molecule is CCCCC(C)(CCCC)c1cc(CCC)no1. The summed E-state index contributed by atoms with van der Waals surface area (Å²) in [5.74, 6) is 1.10. The van der Waals surface area contributed by atoms with Gasteiger partial charge in [0, 0.05) is 11.5 Å². The Labute approximate surface area is 112 Å². The van der Waals surface area contributed by atoms with Gasteiger partial charge >= 0.3 is 0 Å². The lowest BCUT2D eigenvalue weighted by molar-refractivity contribution is 0.265. The third-order valence-corrected chi connectivity index (χ3v) is 3.82. The molecule has 2 nitrogen and oxygen atoms in total. The van der Waals surface area contributed by atoms with Crippen LogP contribution in [0.5, 0.6) is 0 Å². The summed E-state index contributed by atoms with van der Waals surface area (Å²) >= 11 is 0. The molecule has 1 heterocycles. The highest BCUT2D eigenvalue weighted by atomic mass is 16.5. The number of nitrogens with zero attached hydrogens (tertiary/aromatic N) is 1. The van der Waals surface area contributed by atoms with Gasteiger partial charge in [0.25, 0.3) is 0 Å². The number of hydrogen-bond donors (Lipinski definition) is 0. The van der Waals surface area contributed by atoms with Crippen molar-refractivity contribution >= 4 is 0 Å². The molecule has 18 heavy (non-hydrogen) atoms. The van der Waals surface area contributed by atoms with E-state index in [0.29, 0.717) is 0 Å². The van der Waals surface area contributed by atoms with E-state index in [0.717, 1.165) is 24.3 Å². The van der Waals surface area contributed by atoms with Crippen molar-refractivity contribution in [3.8, 4) is 0 Å². The van der Waals surface area contributed by atoms with E-state index in [-0.39, 0.29) is 5.41 Å². The summed E-state index contributed by atoms with van der Waals surface area (Å²) in [6, 6.07) is 2.19. The molecule has 0 aromatic carbocycles. The molecule has 0 aliphatic heterocycles. The Morgan fingerprint density at radius 1 is 1.06 bits per heavy atom. The van der Waals surface area contributed by atoms with Crippen LogP contribution < -0.4 is 0 Å². The Kier molecular flexibility index (Phi) is 6.45. The maximum atomic E-state index is 5.63. The molecule has 0 N–H and O–H groups in total. The zero-order valence-electron chi connectivity index (χ0n) is 12.6. The molecule has 0 aliphatic rings. The van der Waals surface area contributed by atoms with E-state index in [2.05, 4.69) is 38.9 Å². The van der Waals surface area contributed by atoms with Crippen LogP contribution in [-0.4, -0.2) is 5.16 Å². The lowest BCUT2D eigenvalue weighted by Crippen LogP contribution is -2.21. The molecule has 2 heteroatoms. The first-order valence-electron chi connectivity index (χ1n) is 7.62. The van der Waals surface area contributed by atoms with Crippen LogP contribution in [0.2, 0.25) is 0 Å². The fraction of sp³-hybridized carbons (Fsp3) is 0.812. The van der Waals surface area contributed by atoms with Crippen LogP contribution in [0.15, 0.2) is 10.6 Å². The molecule has 0 saturated heterocycles. The molecule has 0 saturated carbocycles. The van der Waals surface area contributed by atoms with E-state index in [1.54, 1.807) is 0 Å². The highest BCUT2D eigenvalue weighted by molar-refractivity contribution is 5.15. The minimum Gasteiger partial charge on any atom is -0.361 e. The summed E-state index contributed by atoms with van der Waals surface area (Å²) in [6.07, 6.45) is 9.62. The van der Waals surface area contributed by atoms with Gasteiger partial charge in [-0.25, -0.2) is 0 Å². The van der Waals surface area contributed by atoms with Crippen molar-refractivity contribution in [2.75, 3.05) is 0 Å². The first-order valence-corrected chi connectivity index (χ1v) is 7.62. The molecule has 1 aromatic heterocycles. The standard InChI is InChI=1S/C16H29NO/c1-5-8-11-16(4,12-9-6-2)15-13-14(10-7-3)17-18-15/h13H,5-12H2,1-4H3. The molecule has 0 amide bonds. The number of rotatable bonds is 9. The summed E-state index contributed by atoms with van der Waals surface area (Å²) in [4.78, 5) is 0. The molecule has 0 unspecified atom stereocenters. The van der Waals surface area contributed by atoms with Gasteiger partial charge in [0.15, 0.2) is 0 Å². The number of hydrogen-bond acceptors (Lipinski definition) is 2. The molecule has 0 radical (unpaired) electrons. The molecule has 0 atom stereocenters. The first-order chi connectivity index (χ1) is 8.66. The molecule has 0 spiro atoms. The quantitative estimate of drug-likeness (QED) is 0.598. The van der Waals surface area contributed by atoms with Crippen LogP contribution in [0.1, 0.15) is 84.1 Å². The summed E-state index contributed by atoms with van der Waals surface area (Å²) in [6.45, 7) is 9.03. The maximum absolute atomic E-state index is 5.63. The molecule has 0 aliphatic carbocycles. The van der Waals surface area contributed by atoms with Crippen molar-refractivity contribution in [2.45, 2.75) is 84.5 Å². The zero-order valence-corrected chi connectivity index (χ0v) is 12.6. The van der Waals surface area contributed by atoms with Crippen LogP contribution >= 0.6 is 0 Å². The number of aromatic nitrogens is 1. The maximum Gasteiger partial charge on any atom is 0.142 e. The first kappa shape index (κ1) is 15.3. The fourth-order valence-electron chi connectivity index (χ4n) is 2.48. The summed E-state index contributed by atoms with van der Waals surface area (Å²) < 4.78 is 5.63. The normalized spacial score (nSPS) is 12.0. The average Bonchev–Trinajstić information content (AvgIpc) is 2.83. The van der Waals surface area contributed by atoms with Gasteiger partial charge in [-0.3, -0.25) is 0 Å². The lowest BCUT2D eigenvalue weighted by Gasteiger charge is -2.26. The summed E-state index contributed by atoms with van der Waals surface area (Å²) in [5, 5.41) is 4.21. The monoisotopic (exact) mass is 251 g/mol. The third kappa shape index (κ3) is 4.15. The van der Waals surface area contributed by atoms with E-state index < -0.39 is 0 Å². The van der Waals surface area contributed by atoms with Gasteiger partial charge in [0.05, 0.1) is 5.69 Å². The Morgan fingerprint density at radius 2 is 1.67 bits per heavy atom. The zero-order chi connectivity index (χ0) is 13.4. The van der Waals surface area contributed by atoms with E-state index in [1.807, 2.05) is 0 Å². The Balaban J connectivity index is 2.78. The highest BCUT2D eigenvalue weighted by Crippen LogP contribution is 2.35. The van der Waals surface area contributed by atoms with Crippen LogP contribution in [-0.2, 0) is 11.8 Å². The molecular formula is C16H29NO. The van der Waals surface area contributed by atoms with Crippen LogP contribution in [0.3, 0.4) is 0 Å².